The lowest BCUT2D eigenvalue weighted by Crippen LogP contribution is -2.70. The van der Waals surface area contributed by atoms with Crippen LogP contribution in [0.3, 0.4) is 0 Å². The summed E-state index contributed by atoms with van der Waals surface area (Å²) >= 11 is 0. The molecule has 0 aromatic rings. The van der Waals surface area contributed by atoms with Crippen LogP contribution in [0.25, 0.3) is 0 Å². The maximum atomic E-state index is 13.3. The van der Waals surface area contributed by atoms with Gasteiger partial charge in [0, 0.05) is 18.3 Å². The summed E-state index contributed by atoms with van der Waals surface area (Å²) in [6.45, 7) is 3.74. The highest BCUT2D eigenvalue weighted by Gasteiger charge is 2.70. The Bertz CT molecular complexity index is 616. The molecule has 4 heterocycles. The third kappa shape index (κ3) is 2.98. The van der Waals surface area contributed by atoms with Gasteiger partial charge in [0.2, 0.25) is 5.79 Å². The second-order valence-corrected chi connectivity index (χ2v) is 8.79. The van der Waals surface area contributed by atoms with Crippen LogP contribution < -0.4 is 0 Å². The summed E-state index contributed by atoms with van der Waals surface area (Å²) in [6, 6.07) is 0. The Hall–Kier alpha value is -0.550. The Labute approximate surface area is 159 Å². The lowest BCUT2D eigenvalue weighted by Gasteiger charge is -2.60. The van der Waals surface area contributed by atoms with Crippen LogP contribution in [0.15, 0.2) is 0 Å². The van der Waals surface area contributed by atoms with Gasteiger partial charge in [0.05, 0.1) is 0 Å². The van der Waals surface area contributed by atoms with Gasteiger partial charge in [-0.2, -0.15) is 22.0 Å². The average Bonchev–Trinajstić information content (AvgIpc) is 2.82. The Morgan fingerprint density at radius 3 is 2.39 bits per heavy atom. The predicted octanol–water partition coefficient (Wildman–Crippen LogP) is 4.41. The van der Waals surface area contributed by atoms with Crippen molar-refractivity contribution >= 4 is 0 Å². The van der Waals surface area contributed by atoms with Crippen molar-refractivity contribution in [3.8, 4) is 0 Å². The van der Waals surface area contributed by atoms with Gasteiger partial charge in [-0.15, -0.1) is 0 Å². The Morgan fingerprint density at radius 1 is 1.00 bits per heavy atom. The van der Waals surface area contributed by atoms with E-state index in [9.17, 15) is 22.0 Å². The first kappa shape index (κ1) is 20.7. The minimum absolute atomic E-state index is 0.0700. The van der Waals surface area contributed by atoms with Gasteiger partial charge in [-0.25, -0.2) is 9.78 Å². The van der Waals surface area contributed by atoms with Crippen molar-refractivity contribution in [2.75, 3.05) is 6.61 Å². The van der Waals surface area contributed by atoms with Crippen molar-refractivity contribution in [2.24, 2.45) is 23.7 Å². The summed E-state index contributed by atoms with van der Waals surface area (Å²) in [4.78, 5) is 11.5. The summed E-state index contributed by atoms with van der Waals surface area (Å²) in [5.74, 6) is -6.30. The van der Waals surface area contributed by atoms with E-state index >= 15 is 0 Å². The monoisotopic (exact) mass is 416 g/mol. The number of ether oxygens (including phenoxy) is 3. The molecule has 28 heavy (non-hydrogen) atoms. The van der Waals surface area contributed by atoms with Crippen LogP contribution in [-0.4, -0.2) is 42.7 Å². The summed E-state index contributed by atoms with van der Waals surface area (Å²) in [5, 5.41) is 0. The molecule has 10 heteroatoms. The van der Waals surface area contributed by atoms with E-state index in [-0.39, 0.29) is 11.8 Å². The van der Waals surface area contributed by atoms with Crippen LogP contribution >= 0.6 is 0 Å². The fraction of sp³-hybridized carbons (Fsp3) is 1.00. The standard InChI is InChI=1S/C18H25F5O5/c1-9-4-5-12-10(2)13(24-8-16(19,20)18(21,22)23)25-14-17(12)11(9)6-7-15(3,26-14)27-28-17/h9-14H,4-8H2,1-3H3/t9-,10-,11+,12+,13+,14-,15-,17-/m1/s1. The van der Waals surface area contributed by atoms with Gasteiger partial charge in [0.1, 0.15) is 6.61 Å². The van der Waals surface area contributed by atoms with E-state index in [1.807, 2.05) is 0 Å². The number of hydrogen-bond acceptors (Lipinski definition) is 5. The predicted molar refractivity (Wildman–Crippen MR) is 83.8 cm³/mol. The highest BCUT2D eigenvalue weighted by molar-refractivity contribution is 5.09. The second kappa shape index (κ2) is 6.47. The van der Waals surface area contributed by atoms with Gasteiger partial charge >= 0.3 is 12.1 Å². The average molecular weight is 416 g/mol. The molecule has 4 saturated heterocycles. The van der Waals surface area contributed by atoms with Crippen LogP contribution in [0.5, 0.6) is 0 Å². The molecule has 2 bridgehead atoms. The molecule has 1 aliphatic carbocycles. The van der Waals surface area contributed by atoms with Gasteiger partial charge in [-0.3, -0.25) is 0 Å². The molecule has 5 rings (SSSR count). The molecule has 0 aromatic heterocycles. The van der Waals surface area contributed by atoms with Crippen molar-refractivity contribution in [1.82, 2.24) is 0 Å². The van der Waals surface area contributed by atoms with E-state index in [1.165, 1.54) is 0 Å². The van der Waals surface area contributed by atoms with Gasteiger partial charge in [-0.05, 0) is 38.0 Å². The second-order valence-electron chi connectivity index (χ2n) is 8.79. The maximum Gasteiger partial charge on any atom is 0.455 e. The number of halogens is 5. The molecule has 5 fully saturated rings. The van der Waals surface area contributed by atoms with E-state index in [4.69, 9.17) is 24.0 Å². The number of alkyl halides is 5. The van der Waals surface area contributed by atoms with Crippen molar-refractivity contribution in [1.29, 1.82) is 0 Å². The first-order valence-corrected chi connectivity index (χ1v) is 9.66. The first-order chi connectivity index (χ1) is 12.9. The van der Waals surface area contributed by atoms with Crippen molar-refractivity contribution < 1.29 is 45.9 Å². The number of hydrogen-bond donors (Lipinski definition) is 0. The summed E-state index contributed by atoms with van der Waals surface area (Å²) in [6.07, 6.45) is -4.94. The Kier molecular flexibility index (Phi) is 4.79. The lowest BCUT2D eigenvalue weighted by atomic mass is 9.58. The largest absolute Gasteiger partial charge is 0.455 e. The maximum absolute atomic E-state index is 13.3. The quantitative estimate of drug-likeness (QED) is 0.504. The molecule has 5 aliphatic rings. The van der Waals surface area contributed by atoms with Crippen LogP contribution in [0.1, 0.15) is 46.5 Å². The van der Waals surface area contributed by atoms with Crippen LogP contribution in [0.4, 0.5) is 22.0 Å². The normalized spacial score (nSPS) is 48.9. The molecule has 0 unspecified atom stereocenters. The van der Waals surface area contributed by atoms with Gasteiger partial charge in [0.15, 0.2) is 18.2 Å². The zero-order chi connectivity index (χ0) is 20.5. The fourth-order valence-electron chi connectivity index (χ4n) is 5.33. The zero-order valence-corrected chi connectivity index (χ0v) is 15.9. The first-order valence-electron chi connectivity index (χ1n) is 9.66. The van der Waals surface area contributed by atoms with Crippen molar-refractivity contribution in [2.45, 2.75) is 82.5 Å². The molecule has 5 nitrogen and oxygen atoms in total. The topological polar surface area (TPSA) is 46.2 Å². The number of fused-ring (bicyclic) bond motifs is 2. The third-order valence-corrected chi connectivity index (χ3v) is 6.94. The minimum Gasteiger partial charge on any atom is -0.346 e. The van der Waals surface area contributed by atoms with E-state index in [2.05, 4.69) is 6.92 Å². The molecule has 0 radical (unpaired) electrons. The molecular formula is C18H25F5O5. The third-order valence-electron chi connectivity index (χ3n) is 6.94. The van der Waals surface area contributed by atoms with E-state index in [1.54, 1.807) is 13.8 Å². The molecule has 1 saturated carbocycles. The lowest BCUT2D eigenvalue weighted by molar-refractivity contribution is -0.578. The molecule has 4 aliphatic heterocycles. The fourth-order valence-corrected chi connectivity index (χ4v) is 5.33. The smallest absolute Gasteiger partial charge is 0.346 e. The summed E-state index contributed by atoms with van der Waals surface area (Å²) < 4.78 is 80.9. The highest BCUT2D eigenvalue weighted by Crippen LogP contribution is 2.60. The molecule has 162 valence electrons. The zero-order valence-electron chi connectivity index (χ0n) is 15.9. The molecule has 0 amide bonds. The van der Waals surface area contributed by atoms with Crippen LogP contribution in [0, 0.1) is 23.7 Å². The summed E-state index contributed by atoms with van der Waals surface area (Å²) in [7, 11) is 0. The van der Waals surface area contributed by atoms with E-state index < -0.39 is 48.6 Å². The van der Waals surface area contributed by atoms with Crippen molar-refractivity contribution in [3.63, 3.8) is 0 Å². The highest BCUT2D eigenvalue weighted by atomic mass is 19.4. The van der Waals surface area contributed by atoms with E-state index in [0.29, 0.717) is 18.8 Å². The van der Waals surface area contributed by atoms with E-state index in [0.717, 1.165) is 12.8 Å². The Balaban J connectivity index is 1.60. The SMILES string of the molecule is C[C@H]1[C@@H](OCC(F)(F)C(F)(F)F)O[C@@H]2O[C@@]3(C)CC[C@H]4[C@H](C)CC[C@@H]1[C@@]24OO3. The van der Waals surface area contributed by atoms with Crippen LogP contribution in [-0.2, 0) is 24.0 Å². The Morgan fingerprint density at radius 2 is 1.71 bits per heavy atom. The molecule has 0 aromatic carbocycles. The molecule has 1 spiro atoms. The molecular weight excluding hydrogens is 391 g/mol. The van der Waals surface area contributed by atoms with Gasteiger partial charge in [0.25, 0.3) is 0 Å². The van der Waals surface area contributed by atoms with Gasteiger partial charge < -0.3 is 14.2 Å². The van der Waals surface area contributed by atoms with Crippen molar-refractivity contribution in [3.05, 3.63) is 0 Å². The van der Waals surface area contributed by atoms with Crippen LogP contribution in [0.2, 0.25) is 0 Å². The minimum atomic E-state index is -5.68. The molecule has 8 atom stereocenters. The van der Waals surface area contributed by atoms with Gasteiger partial charge in [-0.1, -0.05) is 13.8 Å². The summed E-state index contributed by atoms with van der Waals surface area (Å²) in [5.41, 5.74) is -0.917. The number of rotatable bonds is 3. The molecule has 0 N–H and O–H groups in total.